The van der Waals surface area contributed by atoms with E-state index in [9.17, 15) is 9.59 Å². The quantitative estimate of drug-likeness (QED) is 0.796. The summed E-state index contributed by atoms with van der Waals surface area (Å²) in [5.74, 6) is 0.536. The number of fused-ring (bicyclic) bond motifs is 1. The zero-order valence-electron chi connectivity index (χ0n) is 13.6. The first-order chi connectivity index (χ1) is 11.6. The molecule has 1 aliphatic heterocycles. The number of hydrogen-bond acceptors (Lipinski definition) is 4. The van der Waals surface area contributed by atoms with Crippen LogP contribution in [0.2, 0.25) is 0 Å². The van der Waals surface area contributed by atoms with E-state index >= 15 is 0 Å². The first-order valence-electron chi connectivity index (χ1n) is 8.24. The molecule has 2 aliphatic rings. The summed E-state index contributed by atoms with van der Waals surface area (Å²) in [5.41, 5.74) is 0.703. The number of aliphatic hydroxyl groups excluding tert-OH is 1. The molecule has 0 unspecified atom stereocenters. The van der Waals surface area contributed by atoms with Gasteiger partial charge >= 0.3 is 0 Å². The summed E-state index contributed by atoms with van der Waals surface area (Å²) in [6.45, 7) is 2.12. The molecule has 24 heavy (non-hydrogen) atoms. The van der Waals surface area contributed by atoms with Gasteiger partial charge < -0.3 is 20.1 Å². The number of carbonyl (C=O) groups is 2. The SMILES string of the molecule is C[C@H]1Oc2ccccc2N(CCC(=O)N[C@@H]2C=C[C@H](CO)C2)C1=O. The van der Waals surface area contributed by atoms with E-state index in [4.69, 9.17) is 9.84 Å². The molecular formula is C18H22N2O4. The lowest BCUT2D eigenvalue weighted by atomic mass is 10.1. The normalized spacial score (nSPS) is 25.3. The number of rotatable bonds is 5. The Bertz CT molecular complexity index is 658. The fourth-order valence-corrected chi connectivity index (χ4v) is 3.10. The highest BCUT2D eigenvalue weighted by molar-refractivity contribution is 6.00. The van der Waals surface area contributed by atoms with Crippen molar-refractivity contribution in [3.8, 4) is 5.75 Å². The van der Waals surface area contributed by atoms with Gasteiger partial charge in [0.15, 0.2) is 6.10 Å². The van der Waals surface area contributed by atoms with E-state index in [-0.39, 0.29) is 36.8 Å². The molecule has 2 amide bonds. The van der Waals surface area contributed by atoms with Crippen LogP contribution in [0.3, 0.4) is 0 Å². The standard InChI is InChI=1S/C18H22N2O4/c1-12-18(23)20(15-4-2-3-5-16(15)24-12)9-8-17(22)19-14-7-6-13(10-14)11-21/h2-7,12-14,21H,8-11H2,1H3,(H,19,22)/t12-,13+,14-/m1/s1. The highest BCUT2D eigenvalue weighted by atomic mass is 16.5. The van der Waals surface area contributed by atoms with Gasteiger partial charge in [-0.2, -0.15) is 0 Å². The van der Waals surface area contributed by atoms with Crippen LogP contribution in [0.4, 0.5) is 5.69 Å². The summed E-state index contributed by atoms with van der Waals surface area (Å²) in [6.07, 6.45) is 4.23. The van der Waals surface area contributed by atoms with Gasteiger partial charge in [-0.05, 0) is 25.5 Å². The Kier molecular flexibility index (Phi) is 4.85. The third-order valence-electron chi connectivity index (χ3n) is 4.39. The lowest BCUT2D eigenvalue weighted by Gasteiger charge is -2.32. The van der Waals surface area contributed by atoms with Crippen molar-refractivity contribution in [2.45, 2.75) is 31.9 Å². The number of nitrogens with zero attached hydrogens (tertiary/aromatic N) is 1. The number of amides is 2. The molecule has 0 saturated heterocycles. The van der Waals surface area contributed by atoms with Crippen molar-refractivity contribution >= 4 is 17.5 Å². The number of hydrogen-bond donors (Lipinski definition) is 2. The van der Waals surface area contributed by atoms with E-state index in [2.05, 4.69) is 5.32 Å². The molecule has 6 heteroatoms. The predicted octanol–water partition coefficient (Wildman–Crippen LogP) is 1.24. The largest absolute Gasteiger partial charge is 0.479 e. The molecule has 1 heterocycles. The van der Waals surface area contributed by atoms with Gasteiger partial charge in [-0.3, -0.25) is 9.59 Å². The minimum absolute atomic E-state index is 0.0405. The van der Waals surface area contributed by atoms with Gasteiger partial charge in [-0.15, -0.1) is 0 Å². The van der Waals surface area contributed by atoms with Gasteiger partial charge in [0, 0.05) is 31.5 Å². The Morgan fingerprint density at radius 2 is 2.17 bits per heavy atom. The molecule has 1 aliphatic carbocycles. The maximum absolute atomic E-state index is 12.4. The van der Waals surface area contributed by atoms with Crippen LogP contribution < -0.4 is 15.0 Å². The highest BCUT2D eigenvalue weighted by Gasteiger charge is 2.31. The molecule has 0 aromatic heterocycles. The first kappa shape index (κ1) is 16.5. The third-order valence-corrected chi connectivity index (χ3v) is 4.39. The van der Waals surface area contributed by atoms with Crippen molar-refractivity contribution in [1.82, 2.24) is 5.32 Å². The molecule has 0 radical (unpaired) electrons. The van der Waals surface area contributed by atoms with Gasteiger partial charge in [0.2, 0.25) is 5.91 Å². The molecule has 0 bridgehead atoms. The molecule has 1 aromatic rings. The molecule has 3 rings (SSSR count). The third kappa shape index (κ3) is 3.43. The Morgan fingerprint density at radius 1 is 1.38 bits per heavy atom. The average molecular weight is 330 g/mol. The van der Waals surface area contributed by atoms with Gasteiger partial charge in [0.05, 0.1) is 5.69 Å². The Balaban J connectivity index is 1.59. The molecule has 6 nitrogen and oxygen atoms in total. The molecule has 2 N–H and O–H groups in total. The summed E-state index contributed by atoms with van der Waals surface area (Å²) in [5, 5.41) is 12.0. The van der Waals surface area contributed by atoms with Crippen molar-refractivity contribution < 1.29 is 19.4 Å². The predicted molar refractivity (Wildman–Crippen MR) is 89.8 cm³/mol. The number of benzene rings is 1. The minimum Gasteiger partial charge on any atom is -0.479 e. The monoisotopic (exact) mass is 330 g/mol. The van der Waals surface area contributed by atoms with Crippen LogP contribution in [0.15, 0.2) is 36.4 Å². The smallest absolute Gasteiger partial charge is 0.267 e. The summed E-state index contributed by atoms with van der Waals surface area (Å²) in [4.78, 5) is 26.1. The zero-order chi connectivity index (χ0) is 17.1. The number of para-hydroxylation sites is 2. The fraction of sp³-hybridized carbons (Fsp3) is 0.444. The van der Waals surface area contributed by atoms with Crippen LogP contribution in [-0.4, -0.2) is 42.2 Å². The summed E-state index contributed by atoms with van der Waals surface area (Å²) in [6, 6.07) is 7.31. The van der Waals surface area contributed by atoms with Crippen molar-refractivity contribution in [3.63, 3.8) is 0 Å². The Hall–Kier alpha value is -2.34. The summed E-state index contributed by atoms with van der Waals surface area (Å²) < 4.78 is 5.59. The number of ether oxygens (including phenoxy) is 1. The van der Waals surface area contributed by atoms with E-state index < -0.39 is 6.10 Å². The van der Waals surface area contributed by atoms with Crippen molar-refractivity contribution in [3.05, 3.63) is 36.4 Å². The van der Waals surface area contributed by atoms with Crippen molar-refractivity contribution in [2.24, 2.45) is 5.92 Å². The number of nitrogens with one attached hydrogen (secondary N) is 1. The minimum atomic E-state index is -0.550. The van der Waals surface area contributed by atoms with E-state index in [0.717, 1.165) is 6.42 Å². The molecule has 0 saturated carbocycles. The van der Waals surface area contributed by atoms with E-state index in [0.29, 0.717) is 18.0 Å². The maximum atomic E-state index is 12.4. The van der Waals surface area contributed by atoms with Crippen LogP contribution in [-0.2, 0) is 9.59 Å². The van der Waals surface area contributed by atoms with Gasteiger partial charge in [-0.1, -0.05) is 24.3 Å². The lowest BCUT2D eigenvalue weighted by molar-refractivity contribution is -0.125. The number of carbonyl (C=O) groups excluding carboxylic acids is 2. The molecule has 0 spiro atoms. The van der Waals surface area contributed by atoms with E-state index in [1.807, 2.05) is 36.4 Å². The van der Waals surface area contributed by atoms with Crippen molar-refractivity contribution in [1.29, 1.82) is 0 Å². The van der Waals surface area contributed by atoms with E-state index in [1.54, 1.807) is 11.8 Å². The van der Waals surface area contributed by atoms with Gasteiger partial charge in [0.1, 0.15) is 5.75 Å². The maximum Gasteiger partial charge on any atom is 0.267 e. The summed E-state index contributed by atoms with van der Waals surface area (Å²) in [7, 11) is 0. The number of aliphatic hydroxyl groups is 1. The van der Waals surface area contributed by atoms with E-state index in [1.165, 1.54) is 0 Å². The van der Waals surface area contributed by atoms with Gasteiger partial charge in [-0.25, -0.2) is 0 Å². The topological polar surface area (TPSA) is 78.9 Å². The molecule has 0 fully saturated rings. The van der Waals surface area contributed by atoms with Crippen LogP contribution in [0.25, 0.3) is 0 Å². The second-order valence-electron chi connectivity index (χ2n) is 6.20. The Labute approximate surface area is 141 Å². The average Bonchev–Trinajstić information content (AvgIpc) is 3.03. The van der Waals surface area contributed by atoms with Crippen LogP contribution in [0.5, 0.6) is 5.75 Å². The van der Waals surface area contributed by atoms with Crippen LogP contribution >= 0.6 is 0 Å². The molecule has 1 aromatic carbocycles. The fourth-order valence-electron chi connectivity index (χ4n) is 3.10. The first-order valence-corrected chi connectivity index (χ1v) is 8.24. The summed E-state index contributed by atoms with van der Waals surface area (Å²) >= 11 is 0. The molecule has 3 atom stereocenters. The van der Waals surface area contributed by atoms with Crippen molar-refractivity contribution in [2.75, 3.05) is 18.1 Å². The second-order valence-corrected chi connectivity index (χ2v) is 6.20. The zero-order valence-corrected chi connectivity index (χ0v) is 13.6. The second kappa shape index (κ2) is 7.05. The van der Waals surface area contributed by atoms with Crippen LogP contribution in [0, 0.1) is 5.92 Å². The molecule has 128 valence electrons. The van der Waals surface area contributed by atoms with Gasteiger partial charge in [0.25, 0.3) is 5.91 Å². The number of anilines is 1. The Morgan fingerprint density at radius 3 is 2.92 bits per heavy atom. The highest BCUT2D eigenvalue weighted by Crippen LogP contribution is 2.33. The van der Waals surface area contributed by atoms with Crippen LogP contribution in [0.1, 0.15) is 19.8 Å². The lowest BCUT2D eigenvalue weighted by Crippen LogP contribution is -2.46. The molecular weight excluding hydrogens is 308 g/mol.